The van der Waals surface area contributed by atoms with Gasteiger partial charge in [0.25, 0.3) is 0 Å². The van der Waals surface area contributed by atoms with Crippen molar-refractivity contribution >= 4 is 5.97 Å². The normalized spacial score (nSPS) is 16.2. The Balaban J connectivity index is 4.36. The molecule has 0 rings (SSSR count). The van der Waals surface area contributed by atoms with E-state index in [-0.39, 0.29) is 0 Å². The largest absolute Gasteiger partial charge is 0.480 e. The number of hydrogen-bond acceptors (Lipinski definition) is 3. The van der Waals surface area contributed by atoms with E-state index in [1.807, 2.05) is 25.8 Å². The number of carbonyl (C=O) groups is 1. The van der Waals surface area contributed by atoms with Gasteiger partial charge >= 0.3 is 5.97 Å². The summed E-state index contributed by atoms with van der Waals surface area (Å²) in [7, 11) is 3.59. The molecule has 0 amide bonds. The van der Waals surface area contributed by atoms with Crippen molar-refractivity contribution in [2.45, 2.75) is 32.4 Å². The molecule has 0 aliphatic heterocycles. The van der Waals surface area contributed by atoms with E-state index in [1.165, 1.54) is 0 Å². The fourth-order valence-electron chi connectivity index (χ4n) is 0.935. The molecule has 0 saturated heterocycles. The lowest BCUT2D eigenvalue weighted by molar-refractivity contribution is -0.144. The summed E-state index contributed by atoms with van der Waals surface area (Å²) in [5.74, 6) is -0.817. The van der Waals surface area contributed by atoms with Crippen LogP contribution in [0.15, 0.2) is 0 Å². The zero-order valence-electron chi connectivity index (χ0n) is 9.09. The van der Waals surface area contributed by atoms with Crippen LogP contribution in [0.2, 0.25) is 0 Å². The Labute approximate surface area is 79.9 Å². The number of carboxylic acid groups (broad SMARTS) is 1. The number of rotatable bonds is 5. The summed E-state index contributed by atoms with van der Waals surface area (Å²) in [6, 6.07) is 0.354. The van der Waals surface area contributed by atoms with E-state index in [1.54, 1.807) is 14.0 Å². The number of carboxylic acids is 1. The van der Waals surface area contributed by atoms with Gasteiger partial charge in [-0.2, -0.15) is 0 Å². The smallest absolute Gasteiger partial charge is 0.324 e. The molecule has 0 aromatic heterocycles. The maximum Gasteiger partial charge on any atom is 0.324 e. The Morgan fingerprint density at radius 3 is 2.31 bits per heavy atom. The zero-order valence-corrected chi connectivity index (χ0v) is 9.09. The quantitative estimate of drug-likeness (QED) is 0.655. The highest BCUT2D eigenvalue weighted by atomic mass is 16.4. The Hall–Kier alpha value is -0.610. The van der Waals surface area contributed by atoms with Gasteiger partial charge in [-0.15, -0.1) is 0 Å². The van der Waals surface area contributed by atoms with E-state index in [0.717, 1.165) is 0 Å². The number of nitrogens with zero attached hydrogens (tertiary/aromatic N) is 1. The molecular weight excluding hydrogens is 168 g/mol. The molecule has 0 bridgehead atoms. The summed E-state index contributed by atoms with van der Waals surface area (Å²) < 4.78 is 0. The average Bonchev–Trinajstić information content (AvgIpc) is 2.03. The molecule has 0 heterocycles. The lowest BCUT2D eigenvalue weighted by Gasteiger charge is -2.31. The summed E-state index contributed by atoms with van der Waals surface area (Å²) in [6.07, 6.45) is 0. The number of nitrogens with one attached hydrogen (secondary N) is 1. The molecule has 0 radical (unpaired) electrons. The topological polar surface area (TPSA) is 52.6 Å². The summed E-state index contributed by atoms with van der Waals surface area (Å²) in [4.78, 5) is 12.9. The summed E-state index contributed by atoms with van der Waals surface area (Å²) in [5, 5.41) is 11.8. The highest BCUT2D eigenvalue weighted by molar-refractivity contribution is 5.78. The Kier molecular flexibility index (Phi) is 4.36. The van der Waals surface area contributed by atoms with Crippen molar-refractivity contribution in [1.82, 2.24) is 10.2 Å². The van der Waals surface area contributed by atoms with E-state index >= 15 is 0 Å². The van der Waals surface area contributed by atoms with Crippen LogP contribution in [0.3, 0.4) is 0 Å². The molecule has 0 saturated carbocycles. The van der Waals surface area contributed by atoms with Crippen molar-refractivity contribution in [3.05, 3.63) is 0 Å². The Morgan fingerprint density at radius 1 is 1.62 bits per heavy atom. The maximum absolute atomic E-state index is 10.9. The van der Waals surface area contributed by atoms with Gasteiger partial charge in [0.1, 0.15) is 5.54 Å². The maximum atomic E-state index is 10.9. The SMILES string of the molecule is CNC(C)(CN(C)C(C)C)C(=O)O. The highest BCUT2D eigenvalue weighted by Gasteiger charge is 2.32. The second kappa shape index (κ2) is 4.58. The molecule has 0 aliphatic carbocycles. The lowest BCUT2D eigenvalue weighted by atomic mass is 10.0. The predicted molar refractivity (Wildman–Crippen MR) is 52.9 cm³/mol. The lowest BCUT2D eigenvalue weighted by Crippen LogP contribution is -2.55. The molecule has 4 nitrogen and oxygen atoms in total. The van der Waals surface area contributed by atoms with Crippen LogP contribution in [0.4, 0.5) is 0 Å². The Morgan fingerprint density at radius 2 is 2.08 bits per heavy atom. The van der Waals surface area contributed by atoms with Crippen molar-refractivity contribution in [2.24, 2.45) is 0 Å². The minimum atomic E-state index is -0.862. The van der Waals surface area contributed by atoms with E-state index in [0.29, 0.717) is 12.6 Å². The van der Waals surface area contributed by atoms with Gasteiger partial charge in [0.15, 0.2) is 0 Å². The van der Waals surface area contributed by atoms with E-state index in [4.69, 9.17) is 5.11 Å². The van der Waals surface area contributed by atoms with Gasteiger partial charge in [-0.05, 0) is 34.9 Å². The zero-order chi connectivity index (χ0) is 10.6. The van der Waals surface area contributed by atoms with Crippen LogP contribution >= 0.6 is 0 Å². The first-order valence-electron chi connectivity index (χ1n) is 4.46. The van der Waals surface area contributed by atoms with Crippen LogP contribution < -0.4 is 5.32 Å². The first-order valence-corrected chi connectivity index (χ1v) is 4.46. The van der Waals surface area contributed by atoms with Crippen molar-refractivity contribution < 1.29 is 9.90 Å². The molecule has 78 valence electrons. The molecule has 4 heteroatoms. The third-order valence-corrected chi connectivity index (χ3v) is 2.47. The first-order chi connectivity index (χ1) is 5.83. The Bertz CT molecular complexity index is 182. The first kappa shape index (κ1) is 12.4. The van der Waals surface area contributed by atoms with Crippen LogP contribution in [-0.4, -0.2) is 48.2 Å². The van der Waals surface area contributed by atoms with E-state index in [2.05, 4.69) is 5.32 Å². The molecule has 1 atom stereocenters. The van der Waals surface area contributed by atoms with Gasteiger partial charge in [-0.1, -0.05) is 0 Å². The van der Waals surface area contributed by atoms with Crippen molar-refractivity contribution in [3.63, 3.8) is 0 Å². The summed E-state index contributed by atoms with van der Waals surface area (Å²) in [6.45, 7) is 6.26. The minimum absolute atomic E-state index is 0.354. The van der Waals surface area contributed by atoms with Crippen LogP contribution in [-0.2, 0) is 4.79 Å². The fourth-order valence-corrected chi connectivity index (χ4v) is 0.935. The van der Waals surface area contributed by atoms with Gasteiger partial charge in [-0.3, -0.25) is 4.79 Å². The fraction of sp³-hybridized carbons (Fsp3) is 0.889. The summed E-state index contributed by atoms with van der Waals surface area (Å²) in [5.41, 5.74) is -0.862. The molecular formula is C9H20N2O2. The number of likely N-dealkylation sites (N-methyl/N-ethyl adjacent to an activating group) is 2. The second-order valence-electron chi connectivity index (χ2n) is 3.90. The van der Waals surface area contributed by atoms with E-state index in [9.17, 15) is 4.79 Å². The molecule has 0 fully saturated rings. The van der Waals surface area contributed by atoms with Crippen LogP contribution in [0, 0.1) is 0 Å². The van der Waals surface area contributed by atoms with Crippen LogP contribution in [0.1, 0.15) is 20.8 Å². The highest BCUT2D eigenvalue weighted by Crippen LogP contribution is 2.07. The van der Waals surface area contributed by atoms with Gasteiger partial charge in [0, 0.05) is 12.6 Å². The summed E-state index contributed by atoms with van der Waals surface area (Å²) >= 11 is 0. The minimum Gasteiger partial charge on any atom is -0.480 e. The monoisotopic (exact) mass is 188 g/mol. The molecule has 0 aromatic rings. The molecule has 0 spiro atoms. The van der Waals surface area contributed by atoms with Crippen molar-refractivity contribution in [1.29, 1.82) is 0 Å². The van der Waals surface area contributed by atoms with Gasteiger partial charge in [0.05, 0.1) is 0 Å². The molecule has 0 aromatic carbocycles. The van der Waals surface area contributed by atoms with Crippen molar-refractivity contribution in [2.75, 3.05) is 20.6 Å². The molecule has 2 N–H and O–H groups in total. The molecule has 0 aliphatic rings. The molecule has 1 unspecified atom stereocenters. The molecule has 13 heavy (non-hydrogen) atoms. The second-order valence-corrected chi connectivity index (χ2v) is 3.90. The van der Waals surface area contributed by atoms with Crippen LogP contribution in [0.25, 0.3) is 0 Å². The number of hydrogen-bond donors (Lipinski definition) is 2. The standard InChI is InChI=1S/C9H20N2O2/c1-7(2)11(5)6-9(3,10-4)8(12)13/h7,10H,6H2,1-5H3,(H,12,13). The van der Waals surface area contributed by atoms with Gasteiger partial charge in [-0.25, -0.2) is 0 Å². The van der Waals surface area contributed by atoms with Gasteiger partial charge in [0.2, 0.25) is 0 Å². The predicted octanol–water partition coefficient (Wildman–Crippen LogP) is 0.389. The van der Waals surface area contributed by atoms with E-state index < -0.39 is 11.5 Å². The third-order valence-electron chi connectivity index (χ3n) is 2.47. The van der Waals surface area contributed by atoms with Crippen LogP contribution in [0.5, 0.6) is 0 Å². The van der Waals surface area contributed by atoms with Crippen molar-refractivity contribution in [3.8, 4) is 0 Å². The third kappa shape index (κ3) is 3.32. The van der Waals surface area contributed by atoms with Gasteiger partial charge < -0.3 is 15.3 Å². The average molecular weight is 188 g/mol. The number of aliphatic carboxylic acids is 1.